The molecule has 0 bridgehead atoms. The van der Waals surface area contributed by atoms with Crippen LogP contribution >= 0.6 is 38.9 Å². The zero-order valence-electron chi connectivity index (χ0n) is 9.58. The third-order valence-corrected chi connectivity index (χ3v) is 4.05. The summed E-state index contributed by atoms with van der Waals surface area (Å²) < 4.78 is 1.83. The number of hydrogen-bond acceptors (Lipinski definition) is 3. The van der Waals surface area contributed by atoms with E-state index in [-0.39, 0.29) is 0 Å². The smallest absolute Gasteiger partial charge is 0.131 e. The Morgan fingerprint density at radius 2 is 2.24 bits per heavy atom. The molecule has 5 heteroatoms. The number of pyridine rings is 1. The Morgan fingerprint density at radius 1 is 1.47 bits per heavy atom. The van der Waals surface area contributed by atoms with E-state index < -0.39 is 0 Å². The molecule has 2 nitrogen and oxygen atoms in total. The second-order valence-electron chi connectivity index (χ2n) is 3.86. The molecule has 0 aromatic carbocycles. The number of anilines is 1. The highest BCUT2D eigenvalue weighted by Gasteiger charge is 2.08. The van der Waals surface area contributed by atoms with Gasteiger partial charge in [0.15, 0.2) is 0 Å². The third kappa shape index (κ3) is 3.21. The molecule has 0 saturated carbocycles. The number of aromatic nitrogens is 1. The first-order valence-corrected chi connectivity index (χ1v) is 7.12. The topological polar surface area (TPSA) is 16.1 Å². The lowest BCUT2D eigenvalue weighted by Gasteiger charge is -2.19. The zero-order valence-corrected chi connectivity index (χ0v) is 12.7. The van der Waals surface area contributed by atoms with E-state index in [1.807, 2.05) is 19.3 Å². The molecule has 0 radical (unpaired) electrons. The molecular weight excluding hydrogens is 320 g/mol. The Morgan fingerprint density at radius 3 is 2.82 bits per heavy atom. The number of aryl methyl sites for hydroxylation is 1. The lowest BCUT2D eigenvalue weighted by Crippen LogP contribution is -2.18. The third-order valence-electron chi connectivity index (χ3n) is 2.40. The van der Waals surface area contributed by atoms with E-state index in [9.17, 15) is 0 Å². The Kier molecular flexibility index (Phi) is 4.07. The van der Waals surface area contributed by atoms with Crippen LogP contribution < -0.4 is 4.90 Å². The summed E-state index contributed by atoms with van der Waals surface area (Å²) in [4.78, 5) is 7.80. The number of thiophene rings is 1. The fourth-order valence-corrected chi connectivity index (χ4v) is 3.27. The van der Waals surface area contributed by atoms with Crippen molar-refractivity contribution in [1.29, 1.82) is 0 Å². The normalized spacial score (nSPS) is 10.6. The summed E-state index contributed by atoms with van der Waals surface area (Å²) in [5, 5.41) is 0. The molecule has 0 aliphatic rings. The van der Waals surface area contributed by atoms with Crippen molar-refractivity contribution in [3.8, 4) is 0 Å². The van der Waals surface area contributed by atoms with Gasteiger partial charge in [0.2, 0.25) is 0 Å². The van der Waals surface area contributed by atoms with Crippen LogP contribution in [0.25, 0.3) is 0 Å². The van der Waals surface area contributed by atoms with Crippen molar-refractivity contribution < 1.29 is 0 Å². The highest BCUT2D eigenvalue weighted by atomic mass is 79.9. The Hall–Kier alpha value is -0.580. The Bertz CT molecular complexity index is 527. The van der Waals surface area contributed by atoms with E-state index in [4.69, 9.17) is 11.6 Å². The molecule has 90 valence electrons. The van der Waals surface area contributed by atoms with Crippen molar-refractivity contribution in [2.45, 2.75) is 13.5 Å². The maximum atomic E-state index is 5.92. The predicted molar refractivity (Wildman–Crippen MR) is 78.1 cm³/mol. The molecule has 0 unspecified atom stereocenters. The zero-order chi connectivity index (χ0) is 12.4. The molecule has 0 atom stereocenters. The van der Waals surface area contributed by atoms with Crippen molar-refractivity contribution in [2.24, 2.45) is 0 Å². The molecule has 0 fully saturated rings. The van der Waals surface area contributed by atoms with E-state index in [1.165, 1.54) is 4.88 Å². The molecular formula is C12H12BrClN2S. The predicted octanol–water partition coefficient (Wildman–Crippen LogP) is 4.50. The van der Waals surface area contributed by atoms with Crippen LogP contribution in [0.2, 0.25) is 4.34 Å². The summed E-state index contributed by atoms with van der Waals surface area (Å²) in [5.41, 5.74) is 1.16. The molecule has 2 aromatic heterocycles. The SMILES string of the molecule is Cc1cc(Br)cnc1N(C)Cc1ccc(Cl)s1. The highest BCUT2D eigenvalue weighted by Crippen LogP contribution is 2.25. The van der Waals surface area contributed by atoms with Gasteiger partial charge in [-0.25, -0.2) is 4.98 Å². The van der Waals surface area contributed by atoms with Crippen LogP contribution in [-0.2, 0) is 6.54 Å². The van der Waals surface area contributed by atoms with Gasteiger partial charge in [-0.3, -0.25) is 0 Å². The van der Waals surface area contributed by atoms with Gasteiger partial charge in [0.05, 0.1) is 10.9 Å². The first-order valence-electron chi connectivity index (χ1n) is 5.14. The van der Waals surface area contributed by atoms with E-state index in [2.05, 4.69) is 44.9 Å². The minimum absolute atomic E-state index is 0.826. The van der Waals surface area contributed by atoms with Gasteiger partial charge in [-0.2, -0.15) is 0 Å². The second-order valence-corrected chi connectivity index (χ2v) is 6.57. The standard InChI is InChI=1S/C12H12BrClN2S/c1-8-5-9(13)6-15-12(8)16(2)7-10-3-4-11(14)17-10/h3-6H,7H2,1-2H3. The summed E-state index contributed by atoms with van der Waals surface area (Å²) in [6, 6.07) is 6.05. The van der Waals surface area contributed by atoms with Gasteiger partial charge in [0.1, 0.15) is 5.82 Å². The summed E-state index contributed by atoms with van der Waals surface area (Å²) in [6.45, 7) is 2.89. The molecule has 2 aromatic rings. The van der Waals surface area contributed by atoms with Gasteiger partial charge >= 0.3 is 0 Å². The molecule has 2 rings (SSSR count). The van der Waals surface area contributed by atoms with Crippen LogP contribution in [0.15, 0.2) is 28.9 Å². The van der Waals surface area contributed by atoms with Crippen LogP contribution in [0.4, 0.5) is 5.82 Å². The highest BCUT2D eigenvalue weighted by molar-refractivity contribution is 9.10. The number of rotatable bonds is 3. The van der Waals surface area contributed by atoms with Crippen molar-refractivity contribution in [3.05, 3.63) is 43.6 Å². The van der Waals surface area contributed by atoms with Crippen molar-refractivity contribution in [3.63, 3.8) is 0 Å². The molecule has 17 heavy (non-hydrogen) atoms. The molecule has 0 N–H and O–H groups in total. The monoisotopic (exact) mass is 330 g/mol. The molecule has 0 amide bonds. The fraction of sp³-hybridized carbons (Fsp3) is 0.250. The van der Waals surface area contributed by atoms with E-state index in [0.717, 1.165) is 26.7 Å². The molecule has 0 saturated heterocycles. The Labute approximate surface area is 118 Å². The quantitative estimate of drug-likeness (QED) is 0.823. The lowest BCUT2D eigenvalue weighted by molar-refractivity contribution is 0.903. The number of halogens is 2. The van der Waals surface area contributed by atoms with Gasteiger partial charge in [-0.15, -0.1) is 11.3 Å². The summed E-state index contributed by atoms with van der Waals surface area (Å²) >= 11 is 10.9. The second kappa shape index (κ2) is 5.38. The number of nitrogens with zero attached hydrogens (tertiary/aromatic N) is 2. The summed E-state index contributed by atoms with van der Waals surface area (Å²) in [7, 11) is 2.04. The molecule has 0 aliphatic carbocycles. The van der Waals surface area contributed by atoms with Crippen molar-refractivity contribution >= 4 is 44.7 Å². The average Bonchev–Trinajstić information content (AvgIpc) is 2.63. The molecule has 2 heterocycles. The van der Waals surface area contributed by atoms with Crippen LogP contribution in [-0.4, -0.2) is 12.0 Å². The van der Waals surface area contributed by atoms with E-state index in [0.29, 0.717) is 0 Å². The fourth-order valence-electron chi connectivity index (χ4n) is 1.68. The van der Waals surface area contributed by atoms with E-state index >= 15 is 0 Å². The summed E-state index contributed by atoms with van der Waals surface area (Å²) in [5.74, 6) is 0.998. The maximum absolute atomic E-state index is 5.92. The van der Waals surface area contributed by atoms with Gasteiger partial charge in [0, 0.05) is 22.6 Å². The van der Waals surface area contributed by atoms with Gasteiger partial charge in [0.25, 0.3) is 0 Å². The first kappa shape index (κ1) is 12.9. The van der Waals surface area contributed by atoms with Crippen molar-refractivity contribution in [1.82, 2.24) is 4.98 Å². The maximum Gasteiger partial charge on any atom is 0.131 e. The van der Waals surface area contributed by atoms with E-state index in [1.54, 1.807) is 11.3 Å². The van der Waals surface area contributed by atoms with Gasteiger partial charge in [-0.1, -0.05) is 11.6 Å². The van der Waals surface area contributed by atoms with Crippen LogP contribution in [0.3, 0.4) is 0 Å². The van der Waals surface area contributed by atoms with Crippen molar-refractivity contribution in [2.75, 3.05) is 11.9 Å². The van der Waals surface area contributed by atoms with Crippen LogP contribution in [0.1, 0.15) is 10.4 Å². The Balaban J connectivity index is 2.17. The number of hydrogen-bond donors (Lipinski definition) is 0. The van der Waals surface area contributed by atoms with Gasteiger partial charge < -0.3 is 4.90 Å². The summed E-state index contributed by atoms with van der Waals surface area (Å²) in [6.07, 6.45) is 1.82. The van der Waals surface area contributed by atoms with Crippen LogP contribution in [0.5, 0.6) is 0 Å². The minimum atomic E-state index is 0.826. The molecule has 0 aliphatic heterocycles. The lowest BCUT2D eigenvalue weighted by atomic mass is 10.2. The van der Waals surface area contributed by atoms with Gasteiger partial charge in [-0.05, 0) is 46.6 Å². The minimum Gasteiger partial charge on any atom is -0.354 e. The molecule has 0 spiro atoms. The van der Waals surface area contributed by atoms with Crippen LogP contribution in [0, 0.1) is 6.92 Å². The largest absolute Gasteiger partial charge is 0.354 e. The first-order chi connectivity index (χ1) is 8.06. The average molecular weight is 332 g/mol.